The van der Waals surface area contributed by atoms with Crippen molar-refractivity contribution in [2.75, 3.05) is 22.6 Å². The molecule has 1 heterocycles. The minimum Gasteiger partial charge on any atom is -0.489 e. The van der Waals surface area contributed by atoms with E-state index in [0.717, 1.165) is 11.3 Å². The van der Waals surface area contributed by atoms with Crippen LogP contribution in [-0.2, 0) is 21.2 Å². The molecule has 0 aliphatic carbocycles. The molecule has 0 saturated carbocycles. The summed E-state index contributed by atoms with van der Waals surface area (Å²) in [6.45, 7) is 0.494. The first-order chi connectivity index (χ1) is 12.5. The Bertz CT molecular complexity index is 836. The van der Waals surface area contributed by atoms with Crippen LogP contribution in [0, 0.1) is 0 Å². The van der Waals surface area contributed by atoms with E-state index in [1.165, 1.54) is 11.8 Å². The van der Waals surface area contributed by atoms with Crippen LogP contribution in [0.4, 0.5) is 5.69 Å². The third-order valence-corrected chi connectivity index (χ3v) is 7.31. The molecule has 1 aliphatic rings. The lowest BCUT2D eigenvalue weighted by molar-refractivity contribution is -0.113. The average Bonchev–Trinajstić information content (AvgIpc) is 2.99. The second-order valence-electron chi connectivity index (χ2n) is 6.18. The number of hydrogen-bond acceptors (Lipinski definition) is 5. The molecule has 3 rings (SSSR count). The van der Waals surface area contributed by atoms with Crippen molar-refractivity contribution in [3.05, 3.63) is 60.2 Å². The number of nitrogens with one attached hydrogen (secondary N) is 1. The first kappa shape index (κ1) is 18.8. The summed E-state index contributed by atoms with van der Waals surface area (Å²) in [5.41, 5.74) is 1.79. The van der Waals surface area contributed by atoms with E-state index in [1.807, 2.05) is 42.5 Å². The number of rotatable bonds is 7. The summed E-state index contributed by atoms with van der Waals surface area (Å²) in [6.07, 6.45) is 0.633. The summed E-state index contributed by atoms with van der Waals surface area (Å²) in [5.74, 6) is 1.27. The lowest BCUT2D eigenvalue weighted by Gasteiger charge is -2.10. The van der Waals surface area contributed by atoms with Gasteiger partial charge in [-0.15, -0.1) is 11.8 Å². The van der Waals surface area contributed by atoms with Gasteiger partial charge in [-0.3, -0.25) is 4.79 Å². The standard InChI is InChI=1S/C19H21NO4S2/c21-19(13-25-18-10-11-26(22,23)14-18)20-16-6-8-17(9-7-16)24-12-15-4-2-1-3-5-15/h1-9,18H,10-14H2,(H,20,21)/t18-/m1/s1. The normalized spacial score (nSPS) is 18.4. The van der Waals surface area contributed by atoms with E-state index in [2.05, 4.69) is 5.32 Å². The van der Waals surface area contributed by atoms with E-state index in [1.54, 1.807) is 12.1 Å². The summed E-state index contributed by atoms with van der Waals surface area (Å²) >= 11 is 1.41. The van der Waals surface area contributed by atoms with E-state index >= 15 is 0 Å². The van der Waals surface area contributed by atoms with Crippen molar-refractivity contribution < 1.29 is 17.9 Å². The van der Waals surface area contributed by atoms with Crippen LogP contribution in [0.25, 0.3) is 0 Å². The quantitative estimate of drug-likeness (QED) is 0.785. The number of carbonyl (C=O) groups is 1. The Labute approximate surface area is 158 Å². The van der Waals surface area contributed by atoms with Crippen molar-refractivity contribution in [2.24, 2.45) is 0 Å². The summed E-state index contributed by atoms with van der Waals surface area (Å²) in [6, 6.07) is 17.1. The summed E-state index contributed by atoms with van der Waals surface area (Å²) in [7, 11) is -2.90. The fraction of sp³-hybridized carbons (Fsp3) is 0.316. The van der Waals surface area contributed by atoms with Crippen LogP contribution in [0.5, 0.6) is 5.75 Å². The molecule has 0 unspecified atom stereocenters. The number of benzene rings is 2. The van der Waals surface area contributed by atoms with Gasteiger partial charge in [-0.1, -0.05) is 30.3 Å². The van der Waals surface area contributed by atoms with Gasteiger partial charge >= 0.3 is 0 Å². The Morgan fingerprint density at radius 3 is 2.50 bits per heavy atom. The van der Waals surface area contributed by atoms with E-state index in [0.29, 0.717) is 18.7 Å². The molecule has 2 aromatic carbocycles. The van der Waals surface area contributed by atoms with Gasteiger partial charge in [-0.25, -0.2) is 8.42 Å². The Kier molecular flexibility index (Phi) is 6.21. The second kappa shape index (κ2) is 8.60. The van der Waals surface area contributed by atoms with Crippen molar-refractivity contribution in [3.8, 4) is 5.75 Å². The van der Waals surface area contributed by atoms with Crippen LogP contribution < -0.4 is 10.1 Å². The highest BCUT2D eigenvalue weighted by Gasteiger charge is 2.28. The van der Waals surface area contributed by atoms with Gasteiger partial charge in [0.1, 0.15) is 12.4 Å². The van der Waals surface area contributed by atoms with E-state index in [4.69, 9.17) is 4.74 Å². The number of amides is 1. The molecule has 2 aromatic rings. The highest BCUT2D eigenvalue weighted by molar-refractivity contribution is 8.02. The number of thioether (sulfide) groups is 1. The van der Waals surface area contributed by atoms with Gasteiger partial charge in [0.25, 0.3) is 0 Å². The molecular formula is C19H21NO4S2. The molecule has 5 nitrogen and oxygen atoms in total. The van der Waals surface area contributed by atoms with Gasteiger partial charge in [0.05, 0.1) is 17.3 Å². The molecule has 7 heteroatoms. The van der Waals surface area contributed by atoms with E-state index < -0.39 is 9.84 Å². The van der Waals surface area contributed by atoms with Crippen molar-refractivity contribution in [2.45, 2.75) is 18.3 Å². The summed E-state index contributed by atoms with van der Waals surface area (Å²) in [4.78, 5) is 12.0. The smallest absolute Gasteiger partial charge is 0.234 e. The van der Waals surface area contributed by atoms with Crippen molar-refractivity contribution >= 4 is 33.2 Å². The number of anilines is 1. The molecule has 0 aromatic heterocycles. The van der Waals surface area contributed by atoms with Gasteiger partial charge in [0.15, 0.2) is 9.84 Å². The SMILES string of the molecule is O=C(CS[C@@H]1CCS(=O)(=O)C1)Nc1ccc(OCc2ccccc2)cc1. The number of sulfone groups is 1. The Morgan fingerprint density at radius 1 is 1.12 bits per heavy atom. The monoisotopic (exact) mass is 391 g/mol. The van der Waals surface area contributed by atoms with Crippen LogP contribution in [0.2, 0.25) is 0 Å². The molecule has 1 fully saturated rings. The molecule has 0 radical (unpaired) electrons. The predicted octanol–water partition coefficient (Wildman–Crippen LogP) is 3.12. The number of hydrogen-bond donors (Lipinski definition) is 1. The van der Waals surface area contributed by atoms with Crippen molar-refractivity contribution in [1.29, 1.82) is 0 Å². The van der Waals surface area contributed by atoms with Gasteiger partial charge in [-0.2, -0.15) is 0 Å². The summed E-state index contributed by atoms with van der Waals surface area (Å²) < 4.78 is 28.6. The van der Waals surface area contributed by atoms with Gasteiger partial charge in [0, 0.05) is 10.9 Å². The van der Waals surface area contributed by atoms with Crippen LogP contribution in [0.1, 0.15) is 12.0 Å². The first-order valence-corrected chi connectivity index (χ1v) is 11.3. The van der Waals surface area contributed by atoms with Gasteiger partial charge in [-0.05, 0) is 36.2 Å². The van der Waals surface area contributed by atoms with Crippen LogP contribution in [0.15, 0.2) is 54.6 Å². The maximum absolute atomic E-state index is 12.0. The van der Waals surface area contributed by atoms with E-state index in [9.17, 15) is 13.2 Å². The number of ether oxygens (including phenoxy) is 1. The fourth-order valence-corrected chi connectivity index (χ4v) is 6.10. The topological polar surface area (TPSA) is 72.5 Å². The molecule has 26 heavy (non-hydrogen) atoms. The minimum absolute atomic E-state index is 0.0273. The van der Waals surface area contributed by atoms with E-state index in [-0.39, 0.29) is 28.4 Å². The van der Waals surface area contributed by atoms with Crippen LogP contribution >= 0.6 is 11.8 Å². The zero-order valence-corrected chi connectivity index (χ0v) is 15.9. The highest BCUT2D eigenvalue weighted by atomic mass is 32.2. The predicted molar refractivity (Wildman–Crippen MR) is 105 cm³/mol. The second-order valence-corrected chi connectivity index (χ2v) is 9.70. The largest absolute Gasteiger partial charge is 0.489 e. The zero-order chi connectivity index (χ0) is 18.4. The Balaban J connectivity index is 1.42. The highest BCUT2D eigenvalue weighted by Crippen LogP contribution is 2.24. The molecule has 138 valence electrons. The lowest BCUT2D eigenvalue weighted by Crippen LogP contribution is -2.17. The molecule has 1 amide bonds. The Hall–Kier alpha value is -1.99. The Morgan fingerprint density at radius 2 is 1.85 bits per heavy atom. The molecule has 1 N–H and O–H groups in total. The van der Waals surface area contributed by atoms with Crippen molar-refractivity contribution in [3.63, 3.8) is 0 Å². The lowest BCUT2D eigenvalue weighted by atomic mass is 10.2. The molecule has 0 bridgehead atoms. The molecule has 1 atom stereocenters. The third-order valence-electron chi connectivity index (χ3n) is 4.03. The zero-order valence-electron chi connectivity index (χ0n) is 14.3. The fourth-order valence-electron chi connectivity index (χ4n) is 2.66. The average molecular weight is 392 g/mol. The molecule has 1 aliphatic heterocycles. The maximum atomic E-state index is 12.0. The molecular weight excluding hydrogens is 370 g/mol. The first-order valence-electron chi connectivity index (χ1n) is 8.39. The van der Waals surface area contributed by atoms with Crippen LogP contribution in [0.3, 0.4) is 0 Å². The summed E-state index contributed by atoms with van der Waals surface area (Å²) in [5, 5.41) is 2.85. The maximum Gasteiger partial charge on any atom is 0.234 e. The van der Waals surface area contributed by atoms with Gasteiger partial charge < -0.3 is 10.1 Å². The molecule has 0 spiro atoms. The van der Waals surface area contributed by atoms with Gasteiger partial charge in [0.2, 0.25) is 5.91 Å². The van der Waals surface area contributed by atoms with Crippen LogP contribution in [-0.4, -0.2) is 36.8 Å². The minimum atomic E-state index is -2.90. The molecule has 1 saturated heterocycles. The van der Waals surface area contributed by atoms with Crippen molar-refractivity contribution in [1.82, 2.24) is 0 Å². The number of carbonyl (C=O) groups excluding carboxylic acids is 1. The third kappa shape index (κ3) is 5.78.